The number of carbonyl (C=O) groups excluding carboxylic acids is 1. The van der Waals surface area contributed by atoms with Gasteiger partial charge in [0.2, 0.25) is 5.91 Å². The van der Waals surface area contributed by atoms with Crippen LogP contribution in [0.1, 0.15) is 42.7 Å². The monoisotopic (exact) mass is 525 g/mol. The molecule has 1 amide bonds. The van der Waals surface area contributed by atoms with Crippen molar-refractivity contribution in [1.29, 1.82) is 0 Å². The third-order valence-electron chi connectivity index (χ3n) is 8.65. The first kappa shape index (κ1) is 25.6. The summed E-state index contributed by atoms with van der Waals surface area (Å²) in [6, 6.07) is 19.3. The quantitative estimate of drug-likeness (QED) is 0.369. The molecule has 0 unspecified atom stereocenters. The van der Waals surface area contributed by atoms with Crippen molar-refractivity contribution in [3.05, 3.63) is 83.8 Å². The van der Waals surface area contributed by atoms with Crippen LogP contribution in [0, 0.1) is 11.7 Å². The minimum absolute atomic E-state index is 0.0979. The van der Waals surface area contributed by atoms with Crippen LogP contribution in [0.2, 0.25) is 0 Å². The van der Waals surface area contributed by atoms with Gasteiger partial charge >= 0.3 is 0 Å². The Morgan fingerprint density at radius 1 is 0.974 bits per heavy atom. The number of halogens is 1. The van der Waals surface area contributed by atoms with Crippen molar-refractivity contribution in [2.24, 2.45) is 13.0 Å². The van der Waals surface area contributed by atoms with Gasteiger partial charge in [-0.2, -0.15) is 0 Å². The normalized spacial score (nSPS) is 17.6. The van der Waals surface area contributed by atoms with Gasteiger partial charge in [-0.25, -0.2) is 9.37 Å². The molecular weight excluding hydrogens is 489 g/mol. The summed E-state index contributed by atoms with van der Waals surface area (Å²) >= 11 is 0. The summed E-state index contributed by atoms with van der Waals surface area (Å²) in [6.45, 7) is 4.22. The molecule has 7 heteroatoms. The van der Waals surface area contributed by atoms with E-state index in [2.05, 4.69) is 50.7 Å². The number of anilines is 1. The highest BCUT2D eigenvalue weighted by Crippen LogP contribution is 2.42. The molecule has 202 valence electrons. The lowest BCUT2D eigenvalue weighted by Crippen LogP contribution is -2.45. The fraction of sp³-hybridized carbons (Fsp3) is 0.375. The molecule has 39 heavy (non-hydrogen) atoms. The fourth-order valence-electron chi connectivity index (χ4n) is 6.66. The molecule has 2 aliphatic heterocycles. The maximum absolute atomic E-state index is 14.2. The topological polar surface area (TPSA) is 67.4 Å². The van der Waals surface area contributed by atoms with Gasteiger partial charge in [0.25, 0.3) is 0 Å². The molecule has 2 N–H and O–H groups in total. The van der Waals surface area contributed by atoms with Gasteiger partial charge in [0, 0.05) is 55.3 Å². The van der Waals surface area contributed by atoms with Gasteiger partial charge in [-0.1, -0.05) is 30.3 Å². The van der Waals surface area contributed by atoms with Crippen LogP contribution in [0.5, 0.6) is 0 Å². The number of rotatable bonds is 5. The second kappa shape index (κ2) is 10.8. The van der Waals surface area contributed by atoms with Crippen molar-refractivity contribution in [3.8, 4) is 11.3 Å². The Balaban J connectivity index is 1.13. The molecule has 2 saturated heterocycles. The van der Waals surface area contributed by atoms with Gasteiger partial charge in [0.15, 0.2) is 0 Å². The summed E-state index contributed by atoms with van der Waals surface area (Å²) in [6.07, 6.45) is 5.39. The van der Waals surface area contributed by atoms with Crippen LogP contribution >= 0.6 is 0 Å². The van der Waals surface area contributed by atoms with E-state index < -0.39 is 0 Å². The smallest absolute Gasteiger partial charge is 0.225 e. The number of aryl methyl sites for hydroxylation is 1. The average molecular weight is 526 g/mol. The van der Waals surface area contributed by atoms with Crippen LogP contribution in [-0.4, -0.2) is 51.4 Å². The lowest BCUT2D eigenvalue weighted by molar-refractivity contribution is -0.138. The number of fused-ring (bicyclic) bond motifs is 1. The molecule has 6 rings (SSSR count). The molecule has 0 radical (unpaired) electrons. The van der Waals surface area contributed by atoms with Crippen molar-refractivity contribution in [3.63, 3.8) is 0 Å². The third kappa shape index (κ3) is 5.15. The number of nitrogens with zero attached hydrogens (tertiary/aromatic N) is 4. The van der Waals surface area contributed by atoms with Crippen molar-refractivity contribution in [2.75, 3.05) is 31.9 Å². The minimum atomic E-state index is -0.222. The van der Waals surface area contributed by atoms with Crippen LogP contribution in [-0.2, 0) is 18.4 Å². The highest BCUT2D eigenvalue weighted by Gasteiger charge is 2.33. The van der Waals surface area contributed by atoms with Crippen LogP contribution < -0.4 is 5.73 Å². The standard InChI is InChI=1S/C32H36FN5O/c1-36-28-8-3-2-7-27(28)30(31(36)25-5-4-6-26(33)20-25)23-12-17-38(18-13-23)32(39)24-10-15-37(16-11-24)21-22-9-14-35-29(34)19-22/h2-9,14,19-20,23-24H,10-13,15-18,21H2,1H3,(H2,34,35). The SMILES string of the molecule is Cn1c(-c2cccc(F)c2)c(C2CCN(C(=O)C3CCN(Cc4ccnc(N)c4)CC3)CC2)c2ccccc21. The second-order valence-electron chi connectivity index (χ2n) is 11.1. The summed E-state index contributed by atoms with van der Waals surface area (Å²) in [5.41, 5.74) is 11.4. The Bertz CT molecular complexity index is 1480. The first-order valence-electron chi connectivity index (χ1n) is 14.0. The van der Waals surface area contributed by atoms with E-state index >= 15 is 0 Å². The summed E-state index contributed by atoms with van der Waals surface area (Å²) in [4.78, 5) is 22.1. The van der Waals surface area contributed by atoms with Crippen LogP contribution in [0.4, 0.5) is 10.2 Å². The molecule has 0 spiro atoms. The molecule has 0 aliphatic carbocycles. The third-order valence-corrected chi connectivity index (χ3v) is 8.65. The predicted molar refractivity (Wildman–Crippen MR) is 154 cm³/mol. The predicted octanol–water partition coefficient (Wildman–Crippen LogP) is 5.58. The van der Waals surface area contributed by atoms with Gasteiger partial charge < -0.3 is 15.2 Å². The highest BCUT2D eigenvalue weighted by molar-refractivity contribution is 5.92. The van der Waals surface area contributed by atoms with Crippen LogP contribution in [0.3, 0.4) is 0 Å². The van der Waals surface area contributed by atoms with E-state index in [0.29, 0.717) is 17.6 Å². The van der Waals surface area contributed by atoms with Gasteiger partial charge in [-0.05, 0) is 86.1 Å². The zero-order valence-corrected chi connectivity index (χ0v) is 22.5. The van der Waals surface area contributed by atoms with E-state index in [4.69, 9.17) is 5.73 Å². The molecule has 0 saturated carbocycles. The fourth-order valence-corrected chi connectivity index (χ4v) is 6.66. The van der Waals surface area contributed by atoms with Crippen molar-refractivity contribution >= 4 is 22.6 Å². The lowest BCUT2D eigenvalue weighted by atomic mass is 9.85. The van der Waals surface area contributed by atoms with Gasteiger partial charge in [-0.15, -0.1) is 0 Å². The summed E-state index contributed by atoms with van der Waals surface area (Å²) in [5, 5.41) is 1.23. The van der Waals surface area contributed by atoms with E-state index in [1.54, 1.807) is 18.3 Å². The van der Waals surface area contributed by atoms with Gasteiger partial charge in [0.1, 0.15) is 11.6 Å². The first-order chi connectivity index (χ1) is 19.0. The van der Waals surface area contributed by atoms with E-state index in [-0.39, 0.29) is 11.7 Å². The highest BCUT2D eigenvalue weighted by atomic mass is 19.1. The number of carbonyl (C=O) groups is 1. The Morgan fingerprint density at radius 3 is 2.49 bits per heavy atom. The average Bonchev–Trinajstić information content (AvgIpc) is 3.25. The first-order valence-corrected chi connectivity index (χ1v) is 14.0. The van der Waals surface area contributed by atoms with Gasteiger partial charge in [0.05, 0.1) is 5.69 Å². The van der Waals surface area contributed by atoms with Crippen molar-refractivity contribution in [1.82, 2.24) is 19.4 Å². The van der Waals surface area contributed by atoms with E-state index in [9.17, 15) is 9.18 Å². The number of aromatic nitrogens is 2. The Hall–Kier alpha value is -3.71. The zero-order chi connectivity index (χ0) is 26.9. The number of amides is 1. The molecule has 2 aromatic carbocycles. The summed E-state index contributed by atoms with van der Waals surface area (Å²) in [7, 11) is 2.07. The molecule has 6 nitrogen and oxygen atoms in total. The molecule has 4 aromatic rings. The number of benzene rings is 2. The number of hydrogen-bond donors (Lipinski definition) is 1. The molecule has 0 atom stereocenters. The number of likely N-dealkylation sites (tertiary alicyclic amines) is 2. The molecular formula is C32H36FN5O. The largest absolute Gasteiger partial charge is 0.384 e. The number of nitrogens with two attached hydrogens (primary N) is 1. The Labute approximate surface area is 229 Å². The molecule has 2 fully saturated rings. The maximum atomic E-state index is 14.2. The zero-order valence-electron chi connectivity index (χ0n) is 22.5. The van der Waals surface area contributed by atoms with E-state index in [1.165, 1.54) is 22.6 Å². The minimum Gasteiger partial charge on any atom is -0.384 e. The second-order valence-corrected chi connectivity index (χ2v) is 11.1. The molecule has 2 aliphatic rings. The summed E-state index contributed by atoms with van der Waals surface area (Å²) in [5.74, 6) is 1.06. The Kier molecular flexibility index (Phi) is 7.09. The number of pyridine rings is 1. The number of para-hydroxylation sites is 1. The van der Waals surface area contributed by atoms with E-state index in [0.717, 1.165) is 75.2 Å². The van der Waals surface area contributed by atoms with Crippen LogP contribution in [0.15, 0.2) is 66.9 Å². The van der Waals surface area contributed by atoms with E-state index in [1.807, 2.05) is 18.2 Å². The number of piperidine rings is 2. The van der Waals surface area contributed by atoms with Crippen LogP contribution in [0.25, 0.3) is 22.2 Å². The molecule has 4 heterocycles. The Morgan fingerprint density at radius 2 is 1.74 bits per heavy atom. The summed E-state index contributed by atoms with van der Waals surface area (Å²) < 4.78 is 16.4. The number of hydrogen-bond acceptors (Lipinski definition) is 4. The van der Waals surface area contributed by atoms with Crippen molar-refractivity contribution in [2.45, 2.75) is 38.1 Å². The van der Waals surface area contributed by atoms with Crippen molar-refractivity contribution < 1.29 is 9.18 Å². The lowest BCUT2D eigenvalue weighted by Gasteiger charge is -2.37. The molecule has 0 bridgehead atoms. The maximum Gasteiger partial charge on any atom is 0.225 e. The number of nitrogen functional groups attached to an aromatic ring is 1. The molecule has 2 aromatic heterocycles. The van der Waals surface area contributed by atoms with Gasteiger partial charge in [-0.3, -0.25) is 9.69 Å².